The highest BCUT2D eigenvalue weighted by Gasteiger charge is 2.10. The maximum atomic E-state index is 12.1. The number of hydrogen-bond acceptors (Lipinski definition) is 5. The topological polar surface area (TPSA) is 81.9 Å². The van der Waals surface area contributed by atoms with Crippen molar-refractivity contribution in [1.82, 2.24) is 25.5 Å². The molecule has 0 aliphatic rings. The van der Waals surface area contributed by atoms with Crippen molar-refractivity contribution in [2.45, 2.75) is 19.9 Å². The minimum absolute atomic E-state index is 0.0764. The highest BCUT2D eigenvalue weighted by molar-refractivity contribution is 5.78. The number of aromatic nitrogens is 4. The third kappa shape index (κ3) is 4.41. The Kier molecular flexibility index (Phi) is 5.36. The normalized spacial score (nSPS) is 10.4. The van der Waals surface area contributed by atoms with Gasteiger partial charge in [-0.2, -0.15) is 4.68 Å². The fourth-order valence-corrected chi connectivity index (χ4v) is 2.39. The molecule has 2 aromatic carbocycles. The molecule has 0 aliphatic heterocycles. The van der Waals surface area contributed by atoms with Crippen LogP contribution in [-0.2, 0) is 17.8 Å². The third-order valence-corrected chi connectivity index (χ3v) is 3.58. The number of carbonyl (C=O) groups excluding carboxylic acids is 1. The van der Waals surface area contributed by atoms with Crippen LogP contribution >= 0.6 is 0 Å². The minimum Gasteiger partial charge on any atom is -0.494 e. The third-order valence-electron chi connectivity index (χ3n) is 3.58. The Balaban J connectivity index is 1.62. The molecule has 0 aliphatic carbocycles. The lowest BCUT2D eigenvalue weighted by atomic mass is 10.1. The Morgan fingerprint density at radius 1 is 1.12 bits per heavy atom. The Hall–Kier alpha value is -3.22. The molecule has 7 heteroatoms. The fourth-order valence-electron chi connectivity index (χ4n) is 2.39. The van der Waals surface area contributed by atoms with E-state index in [1.165, 1.54) is 0 Å². The molecule has 1 amide bonds. The standard InChI is InChI=1S/C18H19N5O2/c1-2-25-16-10-8-15(9-11-16)23-17(20-21-22-23)13-19-18(24)12-14-6-4-3-5-7-14/h3-11H,2,12-13H2,1H3,(H,19,24). The SMILES string of the molecule is CCOc1ccc(-n2nnnc2CNC(=O)Cc2ccccc2)cc1. The van der Waals surface area contributed by atoms with Gasteiger partial charge < -0.3 is 10.1 Å². The van der Waals surface area contributed by atoms with Gasteiger partial charge in [-0.3, -0.25) is 4.79 Å². The summed E-state index contributed by atoms with van der Waals surface area (Å²) < 4.78 is 7.02. The summed E-state index contributed by atoms with van der Waals surface area (Å²) in [6, 6.07) is 17.0. The van der Waals surface area contributed by atoms with E-state index in [1.54, 1.807) is 4.68 Å². The molecular weight excluding hydrogens is 318 g/mol. The van der Waals surface area contributed by atoms with Gasteiger partial charge in [-0.15, -0.1) is 5.10 Å². The summed E-state index contributed by atoms with van der Waals surface area (Å²) in [7, 11) is 0. The van der Waals surface area contributed by atoms with Crippen LogP contribution in [0.1, 0.15) is 18.3 Å². The van der Waals surface area contributed by atoms with Crippen LogP contribution in [0.15, 0.2) is 54.6 Å². The van der Waals surface area contributed by atoms with Gasteiger partial charge in [-0.1, -0.05) is 30.3 Å². The summed E-state index contributed by atoms with van der Waals surface area (Å²) in [5.41, 5.74) is 1.77. The summed E-state index contributed by atoms with van der Waals surface area (Å²) in [5.74, 6) is 1.27. The first-order chi connectivity index (χ1) is 12.3. The van der Waals surface area contributed by atoms with Crippen molar-refractivity contribution in [3.05, 3.63) is 66.0 Å². The van der Waals surface area contributed by atoms with E-state index in [1.807, 2.05) is 61.5 Å². The number of benzene rings is 2. The molecular formula is C18H19N5O2. The lowest BCUT2D eigenvalue weighted by molar-refractivity contribution is -0.120. The quantitative estimate of drug-likeness (QED) is 0.712. The maximum absolute atomic E-state index is 12.1. The Bertz CT molecular complexity index is 815. The van der Waals surface area contributed by atoms with Crippen molar-refractivity contribution >= 4 is 5.91 Å². The van der Waals surface area contributed by atoms with Crippen molar-refractivity contribution in [1.29, 1.82) is 0 Å². The van der Waals surface area contributed by atoms with E-state index in [0.717, 1.165) is 17.0 Å². The van der Waals surface area contributed by atoms with Crippen LogP contribution in [0.3, 0.4) is 0 Å². The second kappa shape index (κ2) is 8.05. The first-order valence-corrected chi connectivity index (χ1v) is 8.07. The molecule has 7 nitrogen and oxygen atoms in total. The summed E-state index contributed by atoms with van der Waals surface area (Å²) >= 11 is 0. The van der Waals surface area contributed by atoms with Crippen molar-refractivity contribution in [2.24, 2.45) is 0 Å². The lowest BCUT2D eigenvalue weighted by Gasteiger charge is -2.08. The molecule has 0 atom stereocenters. The van der Waals surface area contributed by atoms with Crippen LogP contribution in [0.25, 0.3) is 5.69 Å². The van der Waals surface area contributed by atoms with Crippen molar-refractivity contribution in [3.8, 4) is 11.4 Å². The van der Waals surface area contributed by atoms with Crippen LogP contribution in [0.2, 0.25) is 0 Å². The van der Waals surface area contributed by atoms with E-state index < -0.39 is 0 Å². The first kappa shape index (κ1) is 16.6. The molecule has 1 aromatic heterocycles. The highest BCUT2D eigenvalue weighted by atomic mass is 16.5. The van der Waals surface area contributed by atoms with Gasteiger partial charge in [0.2, 0.25) is 5.91 Å². The second-order valence-corrected chi connectivity index (χ2v) is 5.37. The number of amides is 1. The van der Waals surface area contributed by atoms with E-state index in [9.17, 15) is 4.79 Å². The van der Waals surface area contributed by atoms with Crippen LogP contribution in [0.4, 0.5) is 0 Å². The Morgan fingerprint density at radius 2 is 1.88 bits per heavy atom. The van der Waals surface area contributed by atoms with E-state index >= 15 is 0 Å². The van der Waals surface area contributed by atoms with Gasteiger partial charge in [0, 0.05) is 0 Å². The van der Waals surface area contributed by atoms with Crippen LogP contribution < -0.4 is 10.1 Å². The molecule has 0 spiro atoms. The van der Waals surface area contributed by atoms with Crippen LogP contribution in [0, 0.1) is 0 Å². The smallest absolute Gasteiger partial charge is 0.224 e. The zero-order valence-corrected chi connectivity index (χ0v) is 13.9. The van der Waals surface area contributed by atoms with Gasteiger partial charge in [-0.25, -0.2) is 0 Å². The monoisotopic (exact) mass is 337 g/mol. The maximum Gasteiger partial charge on any atom is 0.224 e. The molecule has 1 N–H and O–H groups in total. The molecule has 128 valence electrons. The number of rotatable bonds is 7. The first-order valence-electron chi connectivity index (χ1n) is 8.07. The summed E-state index contributed by atoms with van der Waals surface area (Å²) in [5, 5.41) is 14.5. The number of carbonyl (C=O) groups is 1. The summed E-state index contributed by atoms with van der Waals surface area (Å²) in [6.45, 7) is 2.81. The molecule has 0 saturated carbocycles. The summed E-state index contributed by atoms with van der Waals surface area (Å²) in [6.07, 6.45) is 0.325. The molecule has 0 radical (unpaired) electrons. The van der Waals surface area contributed by atoms with E-state index in [-0.39, 0.29) is 12.5 Å². The predicted octanol–water partition coefficient (Wildman–Crippen LogP) is 1.92. The van der Waals surface area contributed by atoms with E-state index in [0.29, 0.717) is 18.9 Å². The molecule has 1 heterocycles. The van der Waals surface area contributed by atoms with Gasteiger partial charge in [0.25, 0.3) is 0 Å². The zero-order chi connectivity index (χ0) is 17.5. The average molecular weight is 337 g/mol. The van der Waals surface area contributed by atoms with Gasteiger partial charge in [-0.05, 0) is 47.2 Å². The van der Waals surface area contributed by atoms with Gasteiger partial charge in [0.15, 0.2) is 5.82 Å². The number of hydrogen-bond donors (Lipinski definition) is 1. The molecule has 0 saturated heterocycles. The average Bonchev–Trinajstić information content (AvgIpc) is 3.10. The lowest BCUT2D eigenvalue weighted by Crippen LogP contribution is -2.26. The van der Waals surface area contributed by atoms with Gasteiger partial charge in [0.1, 0.15) is 5.75 Å². The van der Waals surface area contributed by atoms with E-state index in [2.05, 4.69) is 20.8 Å². The fraction of sp³-hybridized carbons (Fsp3) is 0.222. The van der Waals surface area contributed by atoms with E-state index in [4.69, 9.17) is 4.74 Å². The summed E-state index contributed by atoms with van der Waals surface area (Å²) in [4.78, 5) is 12.1. The van der Waals surface area contributed by atoms with Gasteiger partial charge >= 0.3 is 0 Å². The second-order valence-electron chi connectivity index (χ2n) is 5.37. The number of ether oxygens (including phenoxy) is 1. The molecule has 0 fully saturated rings. The molecule has 25 heavy (non-hydrogen) atoms. The van der Waals surface area contributed by atoms with Crippen molar-refractivity contribution in [2.75, 3.05) is 6.61 Å². The zero-order valence-electron chi connectivity index (χ0n) is 13.9. The highest BCUT2D eigenvalue weighted by Crippen LogP contribution is 2.15. The van der Waals surface area contributed by atoms with Crippen LogP contribution in [-0.4, -0.2) is 32.7 Å². The number of nitrogens with zero attached hydrogens (tertiary/aromatic N) is 4. The van der Waals surface area contributed by atoms with Gasteiger partial charge in [0.05, 0.1) is 25.3 Å². The molecule has 3 rings (SSSR count). The molecule has 3 aromatic rings. The van der Waals surface area contributed by atoms with Crippen LogP contribution in [0.5, 0.6) is 5.75 Å². The van der Waals surface area contributed by atoms with Crippen molar-refractivity contribution in [3.63, 3.8) is 0 Å². The Morgan fingerprint density at radius 3 is 2.60 bits per heavy atom. The van der Waals surface area contributed by atoms with Crippen molar-refractivity contribution < 1.29 is 9.53 Å². The number of tetrazole rings is 1. The molecule has 0 bridgehead atoms. The Labute approximate surface area is 145 Å². The number of nitrogens with one attached hydrogen (secondary N) is 1. The predicted molar refractivity (Wildman–Crippen MR) is 92.3 cm³/mol. The largest absolute Gasteiger partial charge is 0.494 e. The minimum atomic E-state index is -0.0764. The molecule has 0 unspecified atom stereocenters.